The molecule has 0 radical (unpaired) electrons. The molecule has 1 saturated heterocycles. The zero-order chi connectivity index (χ0) is 20.8. The van der Waals surface area contributed by atoms with Gasteiger partial charge < -0.3 is 19.7 Å². The lowest BCUT2D eigenvalue weighted by molar-refractivity contribution is -0.156. The Morgan fingerprint density at radius 2 is 1.83 bits per heavy atom. The van der Waals surface area contributed by atoms with Crippen molar-refractivity contribution >= 4 is 17.8 Å². The van der Waals surface area contributed by atoms with Crippen LogP contribution in [-0.2, 0) is 14.3 Å². The van der Waals surface area contributed by atoms with E-state index in [4.69, 9.17) is 9.47 Å². The fourth-order valence-corrected chi connectivity index (χ4v) is 4.20. The summed E-state index contributed by atoms with van der Waals surface area (Å²) in [5.41, 5.74) is 0.484. The van der Waals surface area contributed by atoms with Gasteiger partial charge in [-0.05, 0) is 51.0 Å². The number of likely N-dealkylation sites (tertiary alicyclic amines) is 1. The van der Waals surface area contributed by atoms with Crippen LogP contribution in [0.15, 0.2) is 18.3 Å². The maximum atomic E-state index is 13.0. The Labute approximate surface area is 170 Å². The summed E-state index contributed by atoms with van der Waals surface area (Å²) < 4.78 is 9.89. The molecular weight excluding hydrogens is 374 g/mol. The number of hydrogen-bond acceptors (Lipinski definition) is 6. The van der Waals surface area contributed by atoms with Gasteiger partial charge in [-0.1, -0.05) is 0 Å². The van der Waals surface area contributed by atoms with E-state index < -0.39 is 6.04 Å². The zero-order valence-corrected chi connectivity index (χ0v) is 17.1. The summed E-state index contributed by atoms with van der Waals surface area (Å²) in [6, 6.07) is 2.91. The highest BCUT2D eigenvalue weighted by Gasteiger charge is 2.37. The molecule has 1 unspecified atom stereocenters. The second-order valence-corrected chi connectivity index (χ2v) is 7.68. The highest BCUT2D eigenvalue weighted by molar-refractivity contribution is 5.94. The van der Waals surface area contributed by atoms with Crippen LogP contribution in [-0.4, -0.2) is 60.5 Å². The molecule has 8 nitrogen and oxygen atoms in total. The van der Waals surface area contributed by atoms with Crippen LogP contribution >= 0.6 is 0 Å². The molecule has 1 aromatic heterocycles. The van der Waals surface area contributed by atoms with Crippen LogP contribution in [0.25, 0.3) is 0 Å². The first-order chi connectivity index (χ1) is 14.0. The molecular formula is C21H29N3O5. The van der Waals surface area contributed by atoms with Crippen molar-refractivity contribution in [2.45, 2.75) is 57.0 Å². The van der Waals surface area contributed by atoms with Gasteiger partial charge in [0.15, 0.2) is 0 Å². The van der Waals surface area contributed by atoms with Crippen LogP contribution in [0.3, 0.4) is 0 Å². The van der Waals surface area contributed by atoms with E-state index in [1.807, 2.05) is 0 Å². The maximum absolute atomic E-state index is 13.0. The van der Waals surface area contributed by atoms with Crippen molar-refractivity contribution in [1.29, 1.82) is 0 Å². The van der Waals surface area contributed by atoms with E-state index in [2.05, 4.69) is 10.3 Å². The number of carbonyl (C=O) groups excluding carboxylic acids is 3. The number of hydrogen-bond donors (Lipinski definition) is 1. The van der Waals surface area contributed by atoms with E-state index in [0.717, 1.165) is 25.7 Å². The van der Waals surface area contributed by atoms with Crippen LogP contribution in [0.5, 0.6) is 5.88 Å². The van der Waals surface area contributed by atoms with Gasteiger partial charge in [-0.2, -0.15) is 0 Å². The van der Waals surface area contributed by atoms with Crippen molar-refractivity contribution < 1.29 is 23.9 Å². The minimum atomic E-state index is -0.457. The Morgan fingerprint density at radius 3 is 2.45 bits per heavy atom. The summed E-state index contributed by atoms with van der Waals surface area (Å²) in [5, 5.41) is 3.03. The molecule has 1 saturated carbocycles. The lowest BCUT2D eigenvalue weighted by Crippen LogP contribution is -2.51. The van der Waals surface area contributed by atoms with Gasteiger partial charge in [0.05, 0.1) is 19.8 Å². The topological polar surface area (TPSA) is 97.8 Å². The third-order valence-corrected chi connectivity index (χ3v) is 5.88. The summed E-state index contributed by atoms with van der Waals surface area (Å²) in [7, 11) is 2.89. The first kappa shape index (κ1) is 21.1. The van der Waals surface area contributed by atoms with E-state index in [1.165, 1.54) is 20.4 Å². The Hall–Kier alpha value is -2.64. The van der Waals surface area contributed by atoms with Crippen LogP contribution in [0.2, 0.25) is 0 Å². The standard InChI is InChI=1S/C21H29N3O5/c1-28-18-11-8-15(13-22-18)19(25)23-16-9-6-14(7-10-16)20(26)24-12-4-3-5-17(24)21(27)29-2/h8,11,13-14,16-17H,3-7,9-10,12H2,1-2H3,(H,23,25). The SMILES string of the molecule is COC(=O)C1CCCCN1C(=O)C1CCC(NC(=O)c2ccc(OC)nc2)CC1. The first-order valence-electron chi connectivity index (χ1n) is 10.2. The lowest BCUT2D eigenvalue weighted by atomic mass is 9.84. The predicted octanol–water partition coefficient (Wildman–Crippen LogP) is 1.93. The van der Waals surface area contributed by atoms with Crippen molar-refractivity contribution in [1.82, 2.24) is 15.2 Å². The van der Waals surface area contributed by atoms with Crippen LogP contribution in [0.1, 0.15) is 55.3 Å². The number of nitrogens with zero attached hydrogens (tertiary/aromatic N) is 2. The summed E-state index contributed by atoms with van der Waals surface area (Å²) in [5.74, 6) is -0.0901. The molecule has 0 spiro atoms. The van der Waals surface area contributed by atoms with Gasteiger partial charge in [0.2, 0.25) is 11.8 Å². The van der Waals surface area contributed by atoms with Crippen LogP contribution < -0.4 is 10.1 Å². The molecule has 1 aliphatic heterocycles. The van der Waals surface area contributed by atoms with Crippen molar-refractivity contribution in [3.63, 3.8) is 0 Å². The Morgan fingerprint density at radius 1 is 1.07 bits per heavy atom. The summed E-state index contributed by atoms with van der Waals surface area (Å²) in [6.07, 6.45) is 6.89. The highest BCUT2D eigenvalue weighted by atomic mass is 16.5. The quantitative estimate of drug-likeness (QED) is 0.755. The van der Waals surface area contributed by atoms with Crippen molar-refractivity contribution in [2.24, 2.45) is 5.92 Å². The smallest absolute Gasteiger partial charge is 0.328 e. The van der Waals surface area contributed by atoms with Crippen molar-refractivity contribution in [3.8, 4) is 5.88 Å². The predicted molar refractivity (Wildman–Crippen MR) is 105 cm³/mol. The third-order valence-electron chi connectivity index (χ3n) is 5.88. The maximum Gasteiger partial charge on any atom is 0.328 e. The van der Waals surface area contributed by atoms with Gasteiger partial charge in [0.1, 0.15) is 6.04 Å². The fourth-order valence-electron chi connectivity index (χ4n) is 4.20. The van der Waals surface area contributed by atoms with Gasteiger partial charge in [-0.25, -0.2) is 9.78 Å². The molecule has 3 rings (SSSR count). The van der Waals surface area contributed by atoms with E-state index in [9.17, 15) is 14.4 Å². The molecule has 1 atom stereocenters. The summed E-state index contributed by atoms with van der Waals surface area (Å²) >= 11 is 0. The molecule has 158 valence electrons. The molecule has 8 heteroatoms. The second kappa shape index (κ2) is 9.71. The number of nitrogens with one attached hydrogen (secondary N) is 1. The van der Waals surface area contributed by atoms with E-state index in [-0.39, 0.29) is 29.7 Å². The number of methoxy groups -OCH3 is 2. The van der Waals surface area contributed by atoms with Crippen molar-refractivity contribution in [2.75, 3.05) is 20.8 Å². The van der Waals surface area contributed by atoms with Crippen LogP contribution in [0, 0.1) is 5.92 Å². The Kier molecular flexibility index (Phi) is 7.06. The van der Waals surface area contributed by atoms with Gasteiger partial charge >= 0.3 is 5.97 Å². The largest absolute Gasteiger partial charge is 0.481 e. The lowest BCUT2D eigenvalue weighted by Gasteiger charge is -2.38. The number of rotatable bonds is 5. The van der Waals surface area contributed by atoms with Gasteiger partial charge in [0.25, 0.3) is 5.91 Å². The molecule has 1 N–H and O–H groups in total. The van der Waals surface area contributed by atoms with Crippen molar-refractivity contribution in [3.05, 3.63) is 23.9 Å². The number of piperidine rings is 1. The van der Waals surface area contributed by atoms with Crippen LogP contribution in [0.4, 0.5) is 0 Å². The molecule has 2 heterocycles. The average molecular weight is 403 g/mol. The molecule has 0 aromatic carbocycles. The Balaban J connectivity index is 1.52. The monoisotopic (exact) mass is 403 g/mol. The molecule has 2 aliphatic rings. The van der Waals surface area contributed by atoms with Gasteiger partial charge in [-0.3, -0.25) is 9.59 Å². The number of esters is 1. The highest BCUT2D eigenvalue weighted by Crippen LogP contribution is 2.29. The molecule has 1 aromatic rings. The summed E-state index contributed by atoms with van der Waals surface area (Å²) in [4.78, 5) is 43.2. The molecule has 1 aliphatic carbocycles. The number of pyridine rings is 1. The fraction of sp³-hybridized carbons (Fsp3) is 0.619. The minimum Gasteiger partial charge on any atom is -0.481 e. The normalized spacial score (nSPS) is 24.5. The Bertz CT molecular complexity index is 728. The van der Waals surface area contributed by atoms with E-state index >= 15 is 0 Å². The average Bonchev–Trinajstić information content (AvgIpc) is 2.78. The van der Waals surface area contributed by atoms with E-state index in [0.29, 0.717) is 37.3 Å². The molecule has 2 amide bonds. The number of ether oxygens (including phenoxy) is 2. The molecule has 2 fully saturated rings. The minimum absolute atomic E-state index is 0.0337. The van der Waals surface area contributed by atoms with Gasteiger partial charge in [-0.15, -0.1) is 0 Å². The third kappa shape index (κ3) is 5.05. The second-order valence-electron chi connectivity index (χ2n) is 7.68. The number of aromatic nitrogens is 1. The van der Waals surface area contributed by atoms with Gasteiger partial charge in [0, 0.05) is 30.8 Å². The van der Waals surface area contributed by atoms with E-state index in [1.54, 1.807) is 17.0 Å². The zero-order valence-electron chi connectivity index (χ0n) is 17.1. The molecule has 0 bridgehead atoms. The first-order valence-corrected chi connectivity index (χ1v) is 10.2. The number of carbonyl (C=O) groups is 3. The number of amides is 2. The molecule has 29 heavy (non-hydrogen) atoms. The summed E-state index contributed by atoms with van der Waals surface area (Å²) in [6.45, 7) is 0.611.